The third-order valence-corrected chi connectivity index (χ3v) is 4.09. The van der Waals surface area contributed by atoms with E-state index in [-0.39, 0.29) is 6.10 Å². The third kappa shape index (κ3) is 4.25. The molecule has 2 aromatic rings. The number of benzene rings is 2. The Kier molecular flexibility index (Phi) is 6.29. The highest BCUT2D eigenvalue weighted by atomic mass is 35.5. The Labute approximate surface area is 138 Å². The van der Waals surface area contributed by atoms with E-state index in [0.717, 1.165) is 29.2 Å². The fourth-order valence-corrected chi connectivity index (χ4v) is 2.74. The van der Waals surface area contributed by atoms with E-state index >= 15 is 0 Å². The molecule has 0 unspecified atom stereocenters. The van der Waals surface area contributed by atoms with Crippen molar-refractivity contribution in [3.05, 3.63) is 64.2 Å². The van der Waals surface area contributed by atoms with Gasteiger partial charge in [-0.3, -0.25) is 0 Å². The Bertz CT molecular complexity index is 589. The van der Waals surface area contributed by atoms with Crippen LogP contribution in [0.25, 0.3) is 0 Å². The topological polar surface area (TPSA) is 18.5 Å². The highest BCUT2D eigenvalue weighted by Crippen LogP contribution is 2.27. The summed E-state index contributed by atoms with van der Waals surface area (Å²) in [5, 5.41) is 0.795. The maximum atomic E-state index is 6.35. The van der Waals surface area contributed by atoms with Crippen LogP contribution in [0.3, 0.4) is 0 Å². The number of hydrogen-bond donors (Lipinski definition) is 0. The normalized spacial score (nSPS) is 12.2. The minimum Gasteiger partial charge on any atom is -0.494 e. The molecular weight excluding hydrogens is 296 g/mol. The van der Waals surface area contributed by atoms with Crippen LogP contribution in [0.2, 0.25) is 5.02 Å². The fourth-order valence-electron chi connectivity index (χ4n) is 2.56. The van der Waals surface area contributed by atoms with Gasteiger partial charge in [-0.2, -0.15) is 0 Å². The molecule has 0 aliphatic carbocycles. The van der Waals surface area contributed by atoms with Crippen molar-refractivity contribution >= 4 is 11.6 Å². The van der Waals surface area contributed by atoms with Crippen molar-refractivity contribution < 1.29 is 9.47 Å². The first-order valence-electron chi connectivity index (χ1n) is 7.70. The van der Waals surface area contributed by atoms with Gasteiger partial charge in [-0.15, -0.1) is 0 Å². The molecule has 0 aliphatic rings. The van der Waals surface area contributed by atoms with Gasteiger partial charge in [0.2, 0.25) is 0 Å². The predicted octanol–water partition coefficient (Wildman–Crippen LogP) is 5.43. The Morgan fingerprint density at radius 1 is 1.05 bits per heavy atom. The summed E-state index contributed by atoms with van der Waals surface area (Å²) in [4.78, 5) is 0. The summed E-state index contributed by atoms with van der Waals surface area (Å²) in [6.07, 6.45) is 1.87. The van der Waals surface area contributed by atoms with E-state index in [1.54, 1.807) is 7.11 Å². The van der Waals surface area contributed by atoms with Crippen LogP contribution in [-0.4, -0.2) is 13.7 Å². The summed E-state index contributed by atoms with van der Waals surface area (Å²) in [6, 6.07) is 14.3. The van der Waals surface area contributed by atoms with Gasteiger partial charge in [-0.05, 0) is 54.7 Å². The molecule has 1 atom stereocenters. The van der Waals surface area contributed by atoms with E-state index in [1.165, 1.54) is 11.1 Å². The van der Waals surface area contributed by atoms with Crippen LogP contribution < -0.4 is 4.74 Å². The predicted molar refractivity (Wildman–Crippen MR) is 91.9 cm³/mol. The summed E-state index contributed by atoms with van der Waals surface area (Å²) in [7, 11) is 1.74. The van der Waals surface area contributed by atoms with E-state index in [2.05, 4.69) is 25.1 Å². The summed E-state index contributed by atoms with van der Waals surface area (Å²) in [5.74, 6) is 0.900. The third-order valence-electron chi connectivity index (χ3n) is 3.73. The second kappa shape index (κ2) is 8.21. The van der Waals surface area contributed by atoms with Gasteiger partial charge in [0.15, 0.2) is 0 Å². The van der Waals surface area contributed by atoms with Crippen molar-refractivity contribution in [2.45, 2.75) is 32.8 Å². The second-order valence-corrected chi connectivity index (χ2v) is 5.64. The summed E-state index contributed by atoms with van der Waals surface area (Å²) < 4.78 is 11.0. The first-order valence-corrected chi connectivity index (χ1v) is 8.08. The first-order chi connectivity index (χ1) is 10.7. The van der Waals surface area contributed by atoms with Crippen molar-refractivity contribution in [3.63, 3.8) is 0 Å². The second-order valence-electron chi connectivity index (χ2n) is 5.24. The number of ether oxygens (including phenoxy) is 2. The SMILES string of the molecule is CCOc1ccc(Cc2cc([C@@H](CC)OC)ccc2Cl)cc1. The minimum absolute atomic E-state index is 0.122. The quantitative estimate of drug-likeness (QED) is 0.678. The van der Waals surface area contributed by atoms with E-state index in [1.807, 2.05) is 31.2 Å². The average molecular weight is 319 g/mol. The van der Waals surface area contributed by atoms with Crippen LogP contribution >= 0.6 is 11.6 Å². The highest BCUT2D eigenvalue weighted by Gasteiger charge is 2.11. The smallest absolute Gasteiger partial charge is 0.119 e. The van der Waals surface area contributed by atoms with Gasteiger partial charge in [0.25, 0.3) is 0 Å². The standard InChI is InChI=1S/C19H23ClO2/c1-4-19(21-3)15-8-11-18(20)16(13-15)12-14-6-9-17(10-7-14)22-5-2/h6-11,13,19H,4-5,12H2,1-3H3/t19-/m1/s1. The molecule has 0 bridgehead atoms. The zero-order valence-corrected chi connectivity index (χ0v) is 14.2. The van der Waals surface area contributed by atoms with Gasteiger partial charge >= 0.3 is 0 Å². The van der Waals surface area contributed by atoms with Crippen molar-refractivity contribution in [2.24, 2.45) is 0 Å². The molecule has 0 aliphatic heterocycles. The largest absolute Gasteiger partial charge is 0.494 e. The summed E-state index contributed by atoms with van der Waals surface area (Å²) >= 11 is 6.35. The lowest BCUT2D eigenvalue weighted by Crippen LogP contribution is -2.01. The summed E-state index contributed by atoms with van der Waals surface area (Å²) in [6.45, 7) is 4.79. The molecule has 0 radical (unpaired) electrons. The van der Waals surface area contributed by atoms with Gasteiger partial charge in [0.05, 0.1) is 12.7 Å². The van der Waals surface area contributed by atoms with E-state index in [0.29, 0.717) is 6.61 Å². The molecule has 0 saturated carbocycles. The number of halogens is 1. The maximum absolute atomic E-state index is 6.35. The van der Waals surface area contributed by atoms with Crippen molar-refractivity contribution in [2.75, 3.05) is 13.7 Å². The minimum atomic E-state index is 0.122. The van der Waals surface area contributed by atoms with Crippen molar-refractivity contribution in [3.8, 4) is 5.75 Å². The van der Waals surface area contributed by atoms with Gasteiger partial charge in [-0.25, -0.2) is 0 Å². The molecular formula is C19H23ClO2. The molecule has 0 amide bonds. The highest BCUT2D eigenvalue weighted by molar-refractivity contribution is 6.31. The molecule has 22 heavy (non-hydrogen) atoms. The maximum Gasteiger partial charge on any atom is 0.119 e. The molecule has 0 saturated heterocycles. The van der Waals surface area contributed by atoms with Gasteiger partial charge in [0.1, 0.15) is 5.75 Å². The average Bonchev–Trinajstić information content (AvgIpc) is 2.53. The van der Waals surface area contributed by atoms with Gasteiger partial charge in [0, 0.05) is 12.1 Å². The molecule has 0 spiro atoms. The monoisotopic (exact) mass is 318 g/mol. The Morgan fingerprint density at radius 2 is 1.77 bits per heavy atom. The number of hydrogen-bond acceptors (Lipinski definition) is 2. The molecule has 0 N–H and O–H groups in total. The van der Waals surface area contributed by atoms with Gasteiger partial charge < -0.3 is 9.47 Å². The summed E-state index contributed by atoms with van der Waals surface area (Å²) in [5.41, 5.74) is 3.52. The Morgan fingerprint density at radius 3 is 2.36 bits per heavy atom. The molecule has 2 rings (SSSR count). The Hall–Kier alpha value is -1.51. The van der Waals surface area contributed by atoms with E-state index < -0.39 is 0 Å². The van der Waals surface area contributed by atoms with Crippen molar-refractivity contribution in [1.29, 1.82) is 0 Å². The molecule has 0 fully saturated rings. The first kappa shape index (κ1) is 16.9. The zero-order chi connectivity index (χ0) is 15.9. The van der Waals surface area contributed by atoms with Crippen LogP contribution in [0, 0.1) is 0 Å². The van der Waals surface area contributed by atoms with Crippen molar-refractivity contribution in [1.82, 2.24) is 0 Å². The van der Waals surface area contributed by atoms with Crippen LogP contribution in [0.15, 0.2) is 42.5 Å². The zero-order valence-electron chi connectivity index (χ0n) is 13.4. The lowest BCUT2D eigenvalue weighted by Gasteiger charge is -2.15. The lowest BCUT2D eigenvalue weighted by atomic mass is 9.99. The van der Waals surface area contributed by atoms with Crippen LogP contribution in [-0.2, 0) is 11.2 Å². The van der Waals surface area contributed by atoms with Gasteiger partial charge in [-0.1, -0.05) is 42.8 Å². The molecule has 0 heterocycles. The fraction of sp³-hybridized carbons (Fsp3) is 0.368. The molecule has 2 nitrogen and oxygen atoms in total. The number of rotatable bonds is 7. The van der Waals surface area contributed by atoms with Crippen LogP contribution in [0.4, 0.5) is 0 Å². The van der Waals surface area contributed by atoms with E-state index in [4.69, 9.17) is 21.1 Å². The molecule has 3 heteroatoms. The Balaban J connectivity index is 2.19. The van der Waals surface area contributed by atoms with Crippen LogP contribution in [0.5, 0.6) is 5.75 Å². The van der Waals surface area contributed by atoms with E-state index in [9.17, 15) is 0 Å². The molecule has 118 valence electrons. The molecule has 0 aromatic heterocycles. The van der Waals surface area contributed by atoms with Crippen LogP contribution in [0.1, 0.15) is 43.1 Å². The lowest BCUT2D eigenvalue weighted by molar-refractivity contribution is 0.1000. The number of methoxy groups -OCH3 is 1. The molecule has 2 aromatic carbocycles.